The summed E-state index contributed by atoms with van der Waals surface area (Å²) in [5.41, 5.74) is 0.655. The molecule has 2 rings (SSSR count). The fraction of sp³-hybridized carbons (Fsp3) is 0.154. The molecule has 2 aromatic rings. The number of aromatic nitrogens is 2. The third-order valence-electron chi connectivity index (χ3n) is 2.66. The minimum Gasteiger partial charge on any atom is -0.501 e. The Labute approximate surface area is 123 Å². The second-order valence-corrected chi connectivity index (χ2v) is 4.86. The minimum atomic E-state index is -0.625. The Kier molecular flexibility index (Phi) is 4.19. The largest absolute Gasteiger partial charge is 0.501 e. The minimum absolute atomic E-state index is 0.241. The number of aromatic hydroxyl groups is 2. The molecule has 0 fully saturated rings. The van der Waals surface area contributed by atoms with E-state index < -0.39 is 17.5 Å². The molecule has 20 heavy (non-hydrogen) atoms. The molecule has 0 saturated heterocycles. The molecular formula is C13H12BrN3O3. The average molecular weight is 338 g/mol. The number of carbonyl (C=O) groups excluding carboxylic acids is 1. The number of hydrogen-bond acceptors (Lipinski definition) is 5. The van der Waals surface area contributed by atoms with Crippen LogP contribution in [0.2, 0.25) is 0 Å². The molecule has 104 valence electrons. The predicted molar refractivity (Wildman–Crippen MR) is 75.7 cm³/mol. The number of rotatable bonds is 3. The summed E-state index contributed by atoms with van der Waals surface area (Å²) in [5, 5.41) is 21.5. The zero-order valence-corrected chi connectivity index (χ0v) is 12.2. The van der Waals surface area contributed by atoms with Gasteiger partial charge in [-0.25, -0.2) is 4.98 Å². The predicted octanol–water partition coefficient (Wildman–Crippen LogP) is 1.60. The van der Waals surface area contributed by atoms with Crippen LogP contribution in [-0.2, 0) is 6.42 Å². The molecule has 0 unspecified atom stereocenters. The molecule has 6 nitrogen and oxygen atoms in total. The van der Waals surface area contributed by atoms with Crippen molar-refractivity contribution >= 4 is 21.8 Å². The summed E-state index contributed by atoms with van der Waals surface area (Å²) >= 11 is 3.40. The Morgan fingerprint density at radius 1 is 1.30 bits per heavy atom. The lowest BCUT2D eigenvalue weighted by Gasteiger charge is -2.08. The number of hydrogen-bond donors (Lipinski definition) is 3. The number of nitrogens with one attached hydrogen (secondary N) is 1. The van der Waals surface area contributed by atoms with E-state index in [1.54, 1.807) is 0 Å². The van der Waals surface area contributed by atoms with Crippen LogP contribution in [0.5, 0.6) is 11.6 Å². The molecule has 0 aliphatic rings. The highest BCUT2D eigenvalue weighted by Crippen LogP contribution is 2.26. The Balaban J connectivity index is 2.41. The van der Waals surface area contributed by atoms with Crippen molar-refractivity contribution in [1.82, 2.24) is 15.3 Å². The quantitative estimate of drug-likeness (QED) is 0.790. The fourth-order valence-corrected chi connectivity index (χ4v) is 2.08. The highest BCUT2D eigenvalue weighted by atomic mass is 79.9. The van der Waals surface area contributed by atoms with Crippen molar-refractivity contribution < 1.29 is 15.0 Å². The second kappa shape index (κ2) is 5.87. The number of halogens is 1. The molecule has 0 spiro atoms. The van der Waals surface area contributed by atoms with Gasteiger partial charge in [0.1, 0.15) is 5.82 Å². The standard InChI is InChI=1S/C13H12BrN3O3/c1-15-12(19)10-11(18)13(20)17-9(16-10)6-7-4-2-3-5-8(7)14/h2-5,18H,6H2,1H3,(H,15,19)(H,16,17,20). The van der Waals surface area contributed by atoms with Gasteiger partial charge in [-0.2, -0.15) is 4.98 Å². The Hall–Kier alpha value is -2.15. The van der Waals surface area contributed by atoms with Gasteiger partial charge < -0.3 is 15.5 Å². The summed E-state index contributed by atoms with van der Waals surface area (Å²) in [5.74, 6) is -1.58. The van der Waals surface area contributed by atoms with Crippen LogP contribution in [0.15, 0.2) is 28.7 Å². The molecule has 7 heteroatoms. The van der Waals surface area contributed by atoms with Crippen LogP contribution < -0.4 is 5.32 Å². The van der Waals surface area contributed by atoms with Crippen molar-refractivity contribution in [3.8, 4) is 11.6 Å². The lowest BCUT2D eigenvalue weighted by molar-refractivity contribution is 0.0953. The first-order valence-corrected chi connectivity index (χ1v) is 6.56. The zero-order chi connectivity index (χ0) is 14.7. The monoisotopic (exact) mass is 337 g/mol. The lowest BCUT2D eigenvalue weighted by atomic mass is 10.1. The maximum absolute atomic E-state index is 11.6. The smallest absolute Gasteiger partial charge is 0.273 e. The zero-order valence-electron chi connectivity index (χ0n) is 10.6. The van der Waals surface area contributed by atoms with Gasteiger partial charge in [0, 0.05) is 17.9 Å². The van der Waals surface area contributed by atoms with Crippen LogP contribution in [0.3, 0.4) is 0 Å². The van der Waals surface area contributed by atoms with Gasteiger partial charge in [-0.05, 0) is 11.6 Å². The van der Waals surface area contributed by atoms with Gasteiger partial charge in [-0.1, -0.05) is 34.1 Å². The molecule has 1 amide bonds. The molecule has 0 bridgehead atoms. The normalized spacial score (nSPS) is 10.3. The van der Waals surface area contributed by atoms with E-state index in [9.17, 15) is 15.0 Å². The molecule has 0 atom stereocenters. The summed E-state index contributed by atoms with van der Waals surface area (Å²) in [4.78, 5) is 19.3. The Bertz CT molecular complexity index is 661. The van der Waals surface area contributed by atoms with Crippen molar-refractivity contribution in [2.75, 3.05) is 7.05 Å². The third kappa shape index (κ3) is 2.88. The van der Waals surface area contributed by atoms with Gasteiger partial charge in [0.2, 0.25) is 5.75 Å². The van der Waals surface area contributed by atoms with Crippen LogP contribution >= 0.6 is 15.9 Å². The van der Waals surface area contributed by atoms with E-state index >= 15 is 0 Å². The van der Waals surface area contributed by atoms with E-state index in [1.165, 1.54) is 7.05 Å². The van der Waals surface area contributed by atoms with E-state index in [2.05, 4.69) is 31.2 Å². The van der Waals surface area contributed by atoms with Gasteiger partial charge in [-0.3, -0.25) is 4.79 Å². The Morgan fingerprint density at radius 3 is 2.65 bits per heavy atom. The van der Waals surface area contributed by atoms with Gasteiger partial charge in [0.25, 0.3) is 11.8 Å². The molecule has 1 heterocycles. The highest BCUT2D eigenvalue weighted by molar-refractivity contribution is 9.10. The fourth-order valence-electron chi connectivity index (χ4n) is 1.66. The first kappa shape index (κ1) is 14.3. The molecule has 0 aliphatic heterocycles. The van der Waals surface area contributed by atoms with Gasteiger partial charge in [0.05, 0.1) is 0 Å². The van der Waals surface area contributed by atoms with Crippen molar-refractivity contribution in [3.05, 3.63) is 45.8 Å². The number of nitrogens with zero attached hydrogens (tertiary/aromatic N) is 2. The molecule has 0 saturated carbocycles. The van der Waals surface area contributed by atoms with Crippen molar-refractivity contribution in [3.63, 3.8) is 0 Å². The highest BCUT2D eigenvalue weighted by Gasteiger charge is 2.18. The van der Waals surface area contributed by atoms with E-state index in [0.29, 0.717) is 6.42 Å². The number of amides is 1. The van der Waals surface area contributed by atoms with E-state index in [0.717, 1.165) is 10.0 Å². The molecule has 1 aromatic carbocycles. The second-order valence-electron chi connectivity index (χ2n) is 4.01. The van der Waals surface area contributed by atoms with Crippen molar-refractivity contribution in [2.45, 2.75) is 6.42 Å². The molecule has 0 aliphatic carbocycles. The SMILES string of the molecule is CNC(=O)c1nc(Cc2ccccc2Br)nc(O)c1O. The van der Waals surface area contributed by atoms with Gasteiger partial charge in [0.15, 0.2) is 5.69 Å². The number of carbonyl (C=O) groups is 1. The summed E-state index contributed by atoms with van der Waals surface area (Å²) in [7, 11) is 1.41. The van der Waals surface area contributed by atoms with Gasteiger partial charge >= 0.3 is 0 Å². The van der Waals surface area contributed by atoms with Crippen molar-refractivity contribution in [2.24, 2.45) is 0 Å². The number of benzene rings is 1. The molecule has 0 radical (unpaired) electrons. The summed E-state index contributed by atoms with van der Waals surface area (Å²) in [6.07, 6.45) is 0.319. The van der Waals surface area contributed by atoms with Crippen LogP contribution in [0.1, 0.15) is 21.9 Å². The van der Waals surface area contributed by atoms with Crippen molar-refractivity contribution in [1.29, 1.82) is 0 Å². The molecule has 3 N–H and O–H groups in total. The first-order valence-electron chi connectivity index (χ1n) is 5.77. The molecule has 1 aromatic heterocycles. The molecular weight excluding hydrogens is 326 g/mol. The Morgan fingerprint density at radius 2 is 2.00 bits per heavy atom. The summed E-state index contributed by atoms with van der Waals surface area (Å²) < 4.78 is 0.873. The topological polar surface area (TPSA) is 95.3 Å². The van der Waals surface area contributed by atoms with E-state index in [-0.39, 0.29) is 11.5 Å². The summed E-state index contributed by atoms with van der Waals surface area (Å²) in [6.45, 7) is 0. The summed E-state index contributed by atoms with van der Waals surface area (Å²) in [6, 6.07) is 7.48. The van der Waals surface area contributed by atoms with Crippen LogP contribution in [0.4, 0.5) is 0 Å². The van der Waals surface area contributed by atoms with Crippen LogP contribution in [0, 0.1) is 0 Å². The maximum Gasteiger partial charge on any atom is 0.273 e. The first-order chi connectivity index (χ1) is 9.52. The third-order valence-corrected chi connectivity index (χ3v) is 3.43. The van der Waals surface area contributed by atoms with E-state index in [4.69, 9.17) is 0 Å². The average Bonchev–Trinajstić information content (AvgIpc) is 2.44. The van der Waals surface area contributed by atoms with Crippen LogP contribution in [-0.4, -0.2) is 33.1 Å². The van der Waals surface area contributed by atoms with E-state index in [1.807, 2.05) is 24.3 Å². The van der Waals surface area contributed by atoms with Crippen LogP contribution in [0.25, 0.3) is 0 Å². The van der Waals surface area contributed by atoms with Gasteiger partial charge in [-0.15, -0.1) is 0 Å². The maximum atomic E-state index is 11.6. The lowest BCUT2D eigenvalue weighted by Crippen LogP contribution is -2.20.